The Morgan fingerprint density at radius 3 is 2.83 bits per heavy atom. The number of carbonyl (C=O) groups is 2. The Morgan fingerprint density at radius 2 is 2.13 bits per heavy atom. The zero-order valence-corrected chi connectivity index (χ0v) is 18.3. The van der Waals surface area contributed by atoms with Crippen molar-refractivity contribution in [2.24, 2.45) is 0 Å². The number of amides is 2. The van der Waals surface area contributed by atoms with Gasteiger partial charge in [-0.3, -0.25) is 9.59 Å². The summed E-state index contributed by atoms with van der Waals surface area (Å²) in [6.45, 7) is 7.99. The summed E-state index contributed by atoms with van der Waals surface area (Å²) in [5.41, 5.74) is 1.52. The smallest absolute Gasteiger partial charge is 0.252 e. The molecule has 1 atom stereocenters. The third-order valence-electron chi connectivity index (χ3n) is 4.19. The first-order chi connectivity index (χ1) is 14.5. The van der Waals surface area contributed by atoms with E-state index < -0.39 is 0 Å². The third-order valence-corrected chi connectivity index (χ3v) is 5.85. The van der Waals surface area contributed by atoms with Gasteiger partial charge in [0.05, 0.1) is 11.8 Å². The van der Waals surface area contributed by atoms with Crippen LogP contribution in [0.5, 0.6) is 0 Å². The van der Waals surface area contributed by atoms with Gasteiger partial charge in [-0.2, -0.15) is 0 Å². The molecule has 0 saturated heterocycles. The molecule has 0 aliphatic heterocycles. The van der Waals surface area contributed by atoms with E-state index in [1.165, 1.54) is 23.1 Å². The summed E-state index contributed by atoms with van der Waals surface area (Å²) in [6.07, 6.45) is 3.36. The molecule has 0 radical (unpaired) electrons. The maximum atomic E-state index is 12.6. The van der Waals surface area contributed by atoms with E-state index in [0.717, 1.165) is 5.56 Å². The van der Waals surface area contributed by atoms with Gasteiger partial charge >= 0.3 is 0 Å². The highest BCUT2D eigenvalue weighted by molar-refractivity contribution is 7.99. The van der Waals surface area contributed by atoms with E-state index in [9.17, 15) is 9.59 Å². The van der Waals surface area contributed by atoms with Crippen molar-refractivity contribution in [3.8, 4) is 0 Å². The van der Waals surface area contributed by atoms with Gasteiger partial charge in [-0.25, -0.2) is 4.98 Å². The molecule has 0 fully saturated rings. The molecule has 0 spiro atoms. The van der Waals surface area contributed by atoms with Gasteiger partial charge in [0.2, 0.25) is 5.91 Å². The Kier molecular flexibility index (Phi) is 7.36. The highest BCUT2D eigenvalue weighted by Gasteiger charge is 2.21. The first-order valence-electron chi connectivity index (χ1n) is 9.22. The predicted octanol–water partition coefficient (Wildman–Crippen LogP) is 3.45. The Balaban J connectivity index is 1.68. The van der Waals surface area contributed by atoms with Crippen molar-refractivity contribution in [3.05, 3.63) is 65.4 Å². The number of anilines is 1. The maximum absolute atomic E-state index is 12.6. The van der Waals surface area contributed by atoms with Crippen LogP contribution in [0.3, 0.4) is 0 Å². The molecule has 2 aromatic heterocycles. The van der Waals surface area contributed by atoms with E-state index in [4.69, 9.17) is 0 Å². The van der Waals surface area contributed by atoms with Crippen molar-refractivity contribution in [1.29, 1.82) is 0 Å². The Morgan fingerprint density at radius 1 is 1.33 bits per heavy atom. The molecular weight excluding hydrogens is 420 g/mol. The largest absolute Gasteiger partial charge is 0.342 e. The van der Waals surface area contributed by atoms with Crippen LogP contribution in [0.25, 0.3) is 0 Å². The van der Waals surface area contributed by atoms with Crippen LogP contribution in [-0.4, -0.2) is 37.3 Å². The number of thiazole rings is 1. The summed E-state index contributed by atoms with van der Waals surface area (Å²) in [5, 5.41) is 17.1. The van der Waals surface area contributed by atoms with Crippen LogP contribution in [0, 0.1) is 6.92 Å². The minimum atomic E-state index is -0.372. The van der Waals surface area contributed by atoms with Crippen molar-refractivity contribution in [1.82, 2.24) is 25.1 Å². The summed E-state index contributed by atoms with van der Waals surface area (Å²) in [5.74, 6) is 0.412. The van der Waals surface area contributed by atoms with Crippen molar-refractivity contribution in [3.63, 3.8) is 0 Å². The van der Waals surface area contributed by atoms with Crippen molar-refractivity contribution in [2.45, 2.75) is 31.6 Å². The second kappa shape index (κ2) is 10.2. The molecule has 0 aliphatic rings. The highest BCUT2D eigenvalue weighted by Crippen LogP contribution is 2.22. The van der Waals surface area contributed by atoms with Gasteiger partial charge in [-0.15, -0.1) is 28.1 Å². The van der Waals surface area contributed by atoms with Crippen LogP contribution >= 0.6 is 23.1 Å². The fourth-order valence-corrected chi connectivity index (χ4v) is 4.06. The molecule has 0 aliphatic carbocycles. The van der Waals surface area contributed by atoms with Gasteiger partial charge in [0.1, 0.15) is 0 Å². The van der Waals surface area contributed by atoms with E-state index in [2.05, 4.69) is 32.4 Å². The van der Waals surface area contributed by atoms with Gasteiger partial charge in [0.15, 0.2) is 16.1 Å². The minimum absolute atomic E-state index is 0.165. The monoisotopic (exact) mass is 442 g/mol. The number of nitrogens with zero attached hydrogens (tertiary/aromatic N) is 4. The molecule has 1 aromatic carbocycles. The van der Waals surface area contributed by atoms with Gasteiger partial charge < -0.3 is 15.2 Å². The quantitative estimate of drug-likeness (QED) is 0.389. The molecule has 0 unspecified atom stereocenters. The van der Waals surface area contributed by atoms with E-state index >= 15 is 0 Å². The van der Waals surface area contributed by atoms with Crippen LogP contribution in [-0.2, 0) is 11.3 Å². The topological polar surface area (TPSA) is 102 Å². The van der Waals surface area contributed by atoms with Crippen molar-refractivity contribution >= 4 is 40.0 Å². The molecular formula is C20H22N6O2S2. The molecule has 30 heavy (non-hydrogen) atoms. The standard InChI is InChI=1S/C20H22N6O2S2/c1-4-10-26-17(14(3)22-18(28)15-8-6-5-7-13(15)2)24-25-20(26)30-12-16(27)23-19-21-9-11-29-19/h4-9,11,14H,1,10,12H2,2-3H3,(H,22,28)(H,21,23,27)/t14-/m1/s1. The van der Waals surface area contributed by atoms with Crippen LogP contribution in [0.15, 0.2) is 53.7 Å². The summed E-state index contributed by atoms with van der Waals surface area (Å²) >= 11 is 2.62. The molecule has 0 bridgehead atoms. The first-order valence-corrected chi connectivity index (χ1v) is 11.1. The fourth-order valence-electron chi connectivity index (χ4n) is 2.77. The van der Waals surface area contributed by atoms with E-state index in [-0.39, 0.29) is 23.6 Å². The second-order valence-electron chi connectivity index (χ2n) is 6.42. The molecule has 2 N–H and O–H groups in total. The number of nitrogens with one attached hydrogen (secondary N) is 2. The molecule has 2 heterocycles. The predicted molar refractivity (Wildman–Crippen MR) is 119 cm³/mol. The number of allylic oxidation sites excluding steroid dienone is 1. The lowest BCUT2D eigenvalue weighted by Crippen LogP contribution is -2.29. The third kappa shape index (κ3) is 5.33. The average Bonchev–Trinajstić information content (AvgIpc) is 3.37. The number of hydrogen-bond donors (Lipinski definition) is 2. The number of carbonyl (C=O) groups excluding carboxylic acids is 2. The molecule has 156 valence electrons. The number of rotatable bonds is 9. The Hall–Kier alpha value is -2.98. The lowest BCUT2D eigenvalue weighted by molar-refractivity contribution is -0.113. The van der Waals surface area contributed by atoms with E-state index in [0.29, 0.717) is 28.2 Å². The molecule has 10 heteroatoms. The Bertz CT molecular complexity index is 1030. The number of aromatic nitrogens is 4. The normalized spacial score (nSPS) is 11.7. The van der Waals surface area contributed by atoms with Crippen LogP contribution in [0.1, 0.15) is 34.7 Å². The van der Waals surface area contributed by atoms with Crippen molar-refractivity contribution in [2.75, 3.05) is 11.1 Å². The van der Waals surface area contributed by atoms with E-state index in [1.54, 1.807) is 23.7 Å². The summed E-state index contributed by atoms with van der Waals surface area (Å²) in [4.78, 5) is 28.8. The summed E-state index contributed by atoms with van der Waals surface area (Å²) in [7, 11) is 0. The molecule has 8 nitrogen and oxygen atoms in total. The second-order valence-corrected chi connectivity index (χ2v) is 8.26. The van der Waals surface area contributed by atoms with Crippen molar-refractivity contribution < 1.29 is 9.59 Å². The number of thioether (sulfide) groups is 1. The lowest BCUT2D eigenvalue weighted by Gasteiger charge is -2.16. The maximum Gasteiger partial charge on any atom is 0.252 e. The molecule has 3 rings (SSSR count). The summed E-state index contributed by atoms with van der Waals surface area (Å²) in [6, 6.07) is 7.03. The zero-order valence-electron chi connectivity index (χ0n) is 16.7. The minimum Gasteiger partial charge on any atom is -0.342 e. The van der Waals surface area contributed by atoms with Crippen LogP contribution in [0.2, 0.25) is 0 Å². The van der Waals surface area contributed by atoms with Crippen LogP contribution in [0.4, 0.5) is 5.13 Å². The molecule has 2 amide bonds. The Labute approximate surface area is 182 Å². The average molecular weight is 443 g/mol. The fraction of sp³-hybridized carbons (Fsp3) is 0.250. The highest BCUT2D eigenvalue weighted by atomic mass is 32.2. The van der Waals surface area contributed by atoms with E-state index in [1.807, 2.05) is 36.6 Å². The van der Waals surface area contributed by atoms with Crippen LogP contribution < -0.4 is 10.6 Å². The van der Waals surface area contributed by atoms with Gasteiger partial charge in [-0.05, 0) is 25.5 Å². The van der Waals surface area contributed by atoms with Gasteiger partial charge in [0, 0.05) is 23.7 Å². The number of benzene rings is 1. The molecule has 3 aromatic rings. The number of hydrogen-bond acceptors (Lipinski definition) is 7. The number of aryl methyl sites for hydroxylation is 1. The lowest BCUT2D eigenvalue weighted by atomic mass is 10.1. The first kappa shape index (κ1) is 21.7. The van der Waals surface area contributed by atoms with Gasteiger partial charge in [-0.1, -0.05) is 36.0 Å². The molecule has 0 saturated carbocycles. The zero-order chi connectivity index (χ0) is 21.5. The SMILES string of the molecule is C=CCn1c(SCC(=O)Nc2nccs2)nnc1[C@@H](C)NC(=O)c1ccccc1C. The summed E-state index contributed by atoms with van der Waals surface area (Å²) < 4.78 is 1.84. The van der Waals surface area contributed by atoms with Gasteiger partial charge in [0.25, 0.3) is 5.91 Å².